The van der Waals surface area contributed by atoms with Gasteiger partial charge < -0.3 is 10.2 Å². The van der Waals surface area contributed by atoms with Gasteiger partial charge in [0.15, 0.2) is 0 Å². The molecule has 0 bridgehead atoms. The molecule has 2 aliphatic rings. The van der Waals surface area contributed by atoms with Crippen molar-refractivity contribution in [1.82, 2.24) is 0 Å². The topological polar surface area (TPSA) is 57.5 Å². The van der Waals surface area contributed by atoms with E-state index in [-0.39, 0.29) is 17.3 Å². The second-order valence-corrected chi connectivity index (χ2v) is 8.47. The molecule has 2 rings (SSSR count). The number of fused-ring (bicyclic) bond motifs is 1. The zero-order valence-corrected chi connectivity index (χ0v) is 15.1. The number of hydrogen-bond donors (Lipinski definition) is 2. The molecule has 2 fully saturated rings. The summed E-state index contributed by atoms with van der Waals surface area (Å²) < 4.78 is 0. The van der Waals surface area contributed by atoms with Crippen LogP contribution in [0.1, 0.15) is 66.2 Å². The molecule has 5 unspecified atom stereocenters. The van der Waals surface area contributed by atoms with Gasteiger partial charge in [0.25, 0.3) is 0 Å². The first-order valence-electron chi connectivity index (χ1n) is 8.83. The molecule has 0 heterocycles. The van der Waals surface area contributed by atoms with Gasteiger partial charge in [-0.15, -0.1) is 0 Å². The lowest BCUT2D eigenvalue weighted by atomic mass is 9.45. The summed E-state index contributed by atoms with van der Waals surface area (Å²) in [5, 5.41) is 20.9. The summed E-state index contributed by atoms with van der Waals surface area (Å²) in [7, 11) is 0. The Morgan fingerprint density at radius 3 is 2.48 bits per heavy atom. The van der Waals surface area contributed by atoms with E-state index in [0.717, 1.165) is 37.7 Å². The Labute approximate surface area is 140 Å². The maximum atomic E-state index is 12.0. The first kappa shape index (κ1) is 18.3. The fraction of sp³-hybridized carbons (Fsp3) is 0.750. The summed E-state index contributed by atoms with van der Waals surface area (Å²) in [5.41, 5.74) is -0.424. The lowest BCUT2D eigenvalue weighted by Crippen LogP contribution is -2.59. The molecule has 0 aliphatic heterocycles. The minimum Gasteiger partial charge on any atom is -0.481 e. The van der Waals surface area contributed by atoms with Crippen molar-refractivity contribution in [2.24, 2.45) is 22.7 Å². The summed E-state index contributed by atoms with van der Waals surface area (Å²) in [6.45, 7) is 11.9. The number of carboxylic acids is 1. The van der Waals surface area contributed by atoms with Crippen LogP contribution in [-0.4, -0.2) is 21.8 Å². The maximum absolute atomic E-state index is 12.0. The van der Waals surface area contributed by atoms with Gasteiger partial charge >= 0.3 is 5.97 Å². The van der Waals surface area contributed by atoms with Crippen molar-refractivity contribution in [2.45, 2.75) is 71.8 Å². The van der Waals surface area contributed by atoms with Crippen LogP contribution in [0.25, 0.3) is 0 Å². The third kappa shape index (κ3) is 3.00. The predicted molar refractivity (Wildman–Crippen MR) is 93.1 cm³/mol. The standard InChI is InChI=1S/C20H32O3/c1-6-14(2)8-9-16-18(3)11-7-12-19(4,17(21)22)15(18)10-13-20(16,5)23/h6,8,15-16,23H,1,7,9-13H2,2-5H3,(H,21,22). The van der Waals surface area contributed by atoms with E-state index >= 15 is 0 Å². The molecule has 2 saturated carbocycles. The summed E-state index contributed by atoms with van der Waals surface area (Å²) in [4.78, 5) is 12.0. The van der Waals surface area contributed by atoms with Gasteiger partial charge in [0, 0.05) is 0 Å². The van der Waals surface area contributed by atoms with Crippen molar-refractivity contribution < 1.29 is 15.0 Å². The largest absolute Gasteiger partial charge is 0.481 e. The maximum Gasteiger partial charge on any atom is 0.309 e. The Hall–Kier alpha value is -1.09. The highest BCUT2D eigenvalue weighted by Gasteiger charge is 2.60. The highest BCUT2D eigenvalue weighted by Crippen LogP contribution is 2.63. The molecule has 2 N–H and O–H groups in total. The predicted octanol–water partition coefficient (Wildman–Crippen LogP) is 4.57. The zero-order chi connectivity index (χ0) is 17.5. The lowest BCUT2D eigenvalue weighted by molar-refractivity contribution is -0.189. The van der Waals surface area contributed by atoms with E-state index < -0.39 is 17.0 Å². The Morgan fingerprint density at radius 1 is 1.26 bits per heavy atom. The van der Waals surface area contributed by atoms with Crippen molar-refractivity contribution in [3.8, 4) is 0 Å². The number of rotatable bonds is 4. The van der Waals surface area contributed by atoms with E-state index in [1.165, 1.54) is 0 Å². The highest BCUT2D eigenvalue weighted by molar-refractivity contribution is 5.75. The van der Waals surface area contributed by atoms with Gasteiger partial charge in [0.1, 0.15) is 0 Å². The molecule has 0 saturated heterocycles. The van der Waals surface area contributed by atoms with Crippen LogP contribution in [0.2, 0.25) is 0 Å². The summed E-state index contributed by atoms with van der Waals surface area (Å²) in [6.07, 6.45) is 8.92. The molecule has 2 aliphatic carbocycles. The second kappa shape index (κ2) is 6.08. The molecule has 0 aromatic heterocycles. The summed E-state index contributed by atoms with van der Waals surface area (Å²) in [5.74, 6) is -0.460. The Balaban J connectivity index is 2.42. The van der Waals surface area contributed by atoms with Crippen LogP contribution in [0.15, 0.2) is 24.3 Å². The van der Waals surface area contributed by atoms with Gasteiger partial charge in [-0.2, -0.15) is 0 Å². The summed E-state index contributed by atoms with van der Waals surface area (Å²) >= 11 is 0. The molecular weight excluding hydrogens is 288 g/mol. The molecule has 23 heavy (non-hydrogen) atoms. The summed E-state index contributed by atoms with van der Waals surface area (Å²) in [6, 6.07) is 0. The third-order valence-corrected chi connectivity index (χ3v) is 6.95. The molecule has 0 aromatic carbocycles. The fourth-order valence-corrected chi connectivity index (χ4v) is 5.47. The van der Waals surface area contributed by atoms with Crippen molar-refractivity contribution in [1.29, 1.82) is 0 Å². The second-order valence-electron chi connectivity index (χ2n) is 8.47. The monoisotopic (exact) mass is 320 g/mol. The Bertz CT molecular complexity index is 519. The van der Waals surface area contributed by atoms with Gasteiger partial charge in [0.2, 0.25) is 0 Å². The van der Waals surface area contributed by atoms with Crippen LogP contribution < -0.4 is 0 Å². The van der Waals surface area contributed by atoms with E-state index in [1.54, 1.807) is 0 Å². The van der Waals surface area contributed by atoms with Gasteiger partial charge in [-0.05, 0) is 70.1 Å². The molecular formula is C20H32O3. The first-order valence-corrected chi connectivity index (χ1v) is 8.83. The van der Waals surface area contributed by atoms with Gasteiger partial charge in [-0.3, -0.25) is 4.79 Å². The Kier molecular flexibility index (Phi) is 4.83. The third-order valence-electron chi connectivity index (χ3n) is 6.95. The Morgan fingerprint density at radius 2 is 1.91 bits per heavy atom. The average Bonchev–Trinajstić information content (AvgIpc) is 2.45. The van der Waals surface area contributed by atoms with Crippen LogP contribution in [0.4, 0.5) is 0 Å². The lowest BCUT2D eigenvalue weighted by Gasteiger charge is -2.60. The van der Waals surface area contributed by atoms with Crippen LogP contribution in [0.3, 0.4) is 0 Å². The molecule has 3 nitrogen and oxygen atoms in total. The van der Waals surface area contributed by atoms with Gasteiger partial charge in [0.05, 0.1) is 11.0 Å². The minimum absolute atomic E-state index is 0.0858. The molecule has 0 aromatic rings. The van der Waals surface area contributed by atoms with E-state index in [0.29, 0.717) is 6.42 Å². The number of carbonyl (C=O) groups is 1. The van der Waals surface area contributed by atoms with Gasteiger partial charge in [-0.25, -0.2) is 0 Å². The molecule has 0 radical (unpaired) electrons. The quantitative estimate of drug-likeness (QED) is 0.746. The number of allylic oxidation sites excluding steroid dienone is 3. The van der Waals surface area contributed by atoms with E-state index in [9.17, 15) is 15.0 Å². The van der Waals surface area contributed by atoms with E-state index in [4.69, 9.17) is 0 Å². The van der Waals surface area contributed by atoms with Crippen LogP contribution in [0.5, 0.6) is 0 Å². The van der Waals surface area contributed by atoms with Crippen molar-refractivity contribution in [3.05, 3.63) is 24.3 Å². The average molecular weight is 320 g/mol. The number of carboxylic acid groups (broad SMARTS) is 1. The molecule has 5 atom stereocenters. The molecule has 0 amide bonds. The number of hydrogen-bond acceptors (Lipinski definition) is 2. The SMILES string of the molecule is C=CC(C)=CCC1C(C)(O)CCC2C(C)(C(=O)O)CCCC12C. The van der Waals surface area contributed by atoms with Crippen molar-refractivity contribution in [3.63, 3.8) is 0 Å². The fourth-order valence-electron chi connectivity index (χ4n) is 5.47. The molecule has 0 spiro atoms. The van der Waals surface area contributed by atoms with E-state index in [2.05, 4.69) is 19.6 Å². The van der Waals surface area contributed by atoms with Crippen molar-refractivity contribution in [2.75, 3.05) is 0 Å². The molecule has 3 heteroatoms. The van der Waals surface area contributed by atoms with Crippen molar-refractivity contribution >= 4 is 5.97 Å². The number of aliphatic hydroxyl groups is 1. The van der Waals surface area contributed by atoms with Crippen LogP contribution >= 0.6 is 0 Å². The van der Waals surface area contributed by atoms with E-state index in [1.807, 2.05) is 26.8 Å². The molecule has 130 valence electrons. The van der Waals surface area contributed by atoms with Crippen LogP contribution in [-0.2, 0) is 4.79 Å². The number of aliphatic carboxylic acids is 1. The zero-order valence-electron chi connectivity index (χ0n) is 15.1. The van der Waals surface area contributed by atoms with Crippen LogP contribution in [0, 0.1) is 22.7 Å². The smallest absolute Gasteiger partial charge is 0.309 e. The highest BCUT2D eigenvalue weighted by atomic mass is 16.4. The first-order chi connectivity index (χ1) is 10.6. The minimum atomic E-state index is -0.736. The van der Waals surface area contributed by atoms with Gasteiger partial charge in [-0.1, -0.05) is 37.6 Å². The normalized spacial score (nSPS) is 44.5.